The number of carbonyl (C=O) groups excluding carboxylic acids is 1. The van der Waals surface area contributed by atoms with Crippen molar-refractivity contribution in [1.82, 2.24) is 5.32 Å². The Bertz CT molecular complexity index is 858. The van der Waals surface area contributed by atoms with Gasteiger partial charge < -0.3 is 10.2 Å². The molecule has 1 saturated heterocycles. The van der Waals surface area contributed by atoms with Crippen LogP contribution in [-0.4, -0.2) is 45.0 Å². The van der Waals surface area contributed by atoms with Gasteiger partial charge in [-0.25, -0.2) is 8.42 Å². The number of thiophene rings is 2. The van der Waals surface area contributed by atoms with Crippen LogP contribution in [0.15, 0.2) is 29.0 Å². The Labute approximate surface area is 155 Å². The molecule has 25 heavy (non-hydrogen) atoms. The number of nitrogens with one attached hydrogen (secondary N) is 2. The van der Waals surface area contributed by atoms with E-state index in [4.69, 9.17) is 0 Å². The summed E-state index contributed by atoms with van der Waals surface area (Å²) in [6.07, 6.45) is 1.53. The molecular formula is C17H21N2O3S3+. The van der Waals surface area contributed by atoms with Crippen molar-refractivity contribution in [2.75, 3.05) is 24.6 Å². The molecule has 3 atom stereocenters. The average Bonchev–Trinajstić information content (AvgIpc) is 3.28. The highest BCUT2D eigenvalue weighted by atomic mass is 32.2. The largest absolute Gasteiger partial charge is 0.347 e. The van der Waals surface area contributed by atoms with Gasteiger partial charge in [-0.05, 0) is 29.3 Å². The van der Waals surface area contributed by atoms with Crippen molar-refractivity contribution in [3.63, 3.8) is 0 Å². The van der Waals surface area contributed by atoms with Gasteiger partial charge in [0.25, 0.3) is 5.91 Å². The molecule has 0 aromatic carbocycles. The fourth-order valence-electron chi connectivity index (χ4n) is 3.84. The Hall–Kier alpha value is -1.22. The van der Waals surface area contributed by atoms with E-state index in [0.29, 0.717) is 13.0 Å². The molecule has 2 aliphatic rings. The molecule has 4 heterocycles. The Morgan fingerprint density at radius 3 is 2.88 bits per heavy atom. The Morgan fingerprint density at radius 2 is 2.16 bits per heavy atom. The van der Waals surface area contributed by atoms with Gasteiger partial charge in [0.05, 0.1) is 22.9 Å². The number of sulfone groups is 1. The van der Waals surface area contributed by atoms with E-state index in [1.54, 1.807) is 22.7 Å². The maximum atomic E-state index is 12.5. The predicted molar refractivity (Wildman–Crippen MR) is 100 cm³/mol. The number of fused-ring (bicyclic) bond motifs is 1. The number of hydrogen-bond donors (Lipinski definition) is 2. The van der Waals surface area contributed by atoms with Crippen molar-refractivity contribution in [3.8, 4) is 0 Å². The summed E-state index contributed by atoms with van der Waals surface area (Å²) >= 11 is 3.53. The maximum absolute atomic E-state index is 12.5. The quantitative estimate of drug-likeness (QED) is 0.796. The summed E-state index contributed by atoms with van der Waals surface area (Å²) in [5.74, 6) is 0.221. The second-order valence-electron chi connectivity index (χ2n) is 6.75. The molecule has 4 rings (SSSR count). The van der Waals surface area contributed by atoms with E-state index in [9.17, 15) is 13.2 Å². The lowest BCUT2D eigenvalue weighted by Gasteiger charge is -2.32. The molecule has 5 nitrogen and oxygen atoms in total. The van der Waals surface area contributed by atoms with Crippen molar-refractivity contribution in [1.29, 1.82) is 0 Å². The van der Waals surface area contributed by atoms with E-state index in [1.165, 1.54) is 20.2 Å². The molecule has 0 spiro atoms. The van der Waals surface area contributed by atoms with E-state index < -0.39 is 9.84 Å². The first-order chi connectivity index (χ1) is 12.0. The van der Waals surface area contributed by atoms with Crippen LogP contribution in [-0.2, 0) is 21.1 Å². The monoisotopic (exact) mass is 397 g/mol. The van der Waals surface area contributed by atoms with E-state index in [1.807, 2.05) is 0 Å². The fraction of sp³-hybridized carbons (Fsp3) is 0.471. The average molecular weight is 398 g/mol. The van der Waals surface area contributed by atoms with Gasteiger partial charge in [-0.15, -0.1) is 22.7 Å². The molecule has 2 aromatic heterocycles. The zero-order valence-corrected chi connectivity index (χ0v) is 16.2. The molecule has 0 aliphatic carbocycles. The van der Waals surface area contributed by atoms with E-state index in [2.05, 4.69) is 34.3 Å². The first kappa shape index (κ1) is 17.2. The van der Waals surface area contributed by atoms with Gasteiger partial charge in [-0.1, -0.05) is 6.07 Å². The topological polar surface area (TPSA) is 67.7 Å². The Balaban J connectivity index is 1.48. The van der Waals surface area contributed by atoms with Gasteiger partial charge >= 0.3 is 0 Å². The van der Waals surface area contributed by atoms with Crippen LogP contribution in [0.5, 0.6) is 0 Å². The summed E-state index contributed by atoms with van der Waals surface area (Å²) < 4.78 is 23.1. The first-order valence-electron chi connectivity index (χ1n) is 8.46. The second-order valence-corrected chi connectivity index (χ2v) is 11.0. The minimum absolute atomic E-state index is 0.0441. The zero-order valence-electron chi connectivity index (χ0n) is 13.7. The van der Waals surface area contributed by atoms with Crippen LogP contribution in [0.3, 0.4) is 0 Å². The molecule has 2 aromatic rings. The van der Waals surface area contributed by atoms with Gasteiger partial charge in [0.15, 0.2) is 16.4 Å². The number of amides is 1. The third-order valence-electron chi connectivity index (χ3n) is 4.99. The molecule has 0 radical (unpaired) electrons. The molecule has 1 unspecified atom stereocenters. The lowest BCUT2D eigenvalue weighted by Crippen LogP contribution is -3.14. The lowest BCUT2D eigenvalue weighted by atomic mass is 9.98. The van der Waals surface area contributed by atoms with Crippen molar-refractivity contribution < 1.29 is 18.1 Å². The summed E-state index contributed by atoms with van der Waals surface area (Å²) in [6, 6.07) is 6.36. The van der Waals surface area contributed by atoms with E-state index in [0.717, 1.165) is 13.0 Å². The summed E-state index contributed by atoms with van der Waals surface area (Å²) in [7, 11) is -2.97. The Kier molecular flexibility index (Phi) is 4.70. The van der Waals surface area contributed by atoms with Gasteiger partial charge in [0, 0.05) is 22.9 Å². The fourth-order valence-corrected chi connectivity index (χ4v) is 7.34. The molecular weight excluding hydrogens is 376 g/mol. The van der Waals surface area contributed by atoms with Crippen molar-refractivity contribution in [2.45, 2.75) is 24.9 Å². The molecule has 8 heteroatoms. The molecule has 2 N–H and O–H groups in total. The molecule has 2 aliphatic heterocycles. The van der Waals surface area contributed by atoms with Gasteiger partial charge in [-0.2, -0.15) is 0 Å². The highest BCUT2D eigenvalue weighted by Crippen LogP contribution is 2.31. The van der Waals surface area contributed by atoms with Gasteiger partial charge in [-0.3, -0.25) is 4.79 Å². The van der Waals surface area contributed by atoms with Crippen molar-refractivity contribution >= 4 is 38.4 Å². The van der Waals surface area contributed by atoms with Crippen LogP contribution < -0.4 is 10.2 Å². The zero-order chi connectivity index (χ0) is 17.4. The number of hydrogen-bond acceptors (Lipinski definition) is 5. The highest BCUT2D eigenvalue weighted by Gasteiger charge is 2.36. The predicted octanol–water partition coefficient (Wildman–Crippen LogP) is 0.643. The lowest BCUT2D eigenvalue weighted by molar-refractivity contribution is -0.919. The van der Waals surface area contributed by atoms with E-state index in [-0.39, 0.29) is 29.5 Å². The molecule has 0 saturated carbocycles. The van der Waals surface area contributed by atoms with Crippen LogP contribution >= 0.6 is 22.7 Å². The molecule has 0 bridgehead atoms. The Morgan fingerprint density at radius 1 is 1.28 bits per heavy atom. The van der Waals surface area contributed by atoms with E-state index >= 15 is 0 Å². The highest BCUT2D eigenvalue weighted by molar-refractivity contribution is 7.91. The van der Waals surface area contributed by atoms with Gasteiger partial charge in [0.2, 0.25) is 0 Å². The number of rotatable bonds is 4. The summed E-state index contributed by atoms with van der Waals surface area (Å²) in [6.45, 7) is 1.31. The van der Waals surface area contributed by atoms with Crippen molar-refractivity contribution in [2.24, 2.45) is 0 Å². The normalized spacial score (nSPS) is 27.8. The molecule has 134 valence electrons. The van der Waals surface area contributed by atoms with Crippen molar-refractivity contribution in [3.05, 3.63) is 44.3 Å². The van der Waals surface area contributed by atoms with Crippen LogP contribution in [0.25, 0.3) is 0 Å². The third kappa shape index (κ3) is 3.67. The summed E-state index contributed by atoms with van der Waals surface area (Å²) in [5.41, 5.74) is 1.34. The maximum Gasteiger partial charge on any atom is 0.275 e. The smallest absolute Gasteiger partial charge is 0.275 e. The minimum atomic E-state index is -2.97. The summed E-state index contributed by atoms with van der Waals surface area (Å²) in [5, 5.41) is 7.15. The first-order valence-corrected chi connectivity index (χ1v) is 12.0. The van der Waals surface area contributed by atoms with Crippen LogP contribution in [0.2, 0.25) is 0 Å². The van der Waals surface area contributed by atoms with Crippen LogP contribution in [0, 0.1) is 0 Å². The van der Waals surface area contributed by atoms with Gasteiger partial charge in [0.1, 0.15) is 6.04 Å². The SMILES string of the molecule is O=C(C[NH+]1CCc2sccc2[C@H]1c1cccs1)N[C@@H]1CCS(=O)(=O)C1. The second kappa shape index (κ2) is 6.83. The molecule has 1 amide bonds. The van der Waals surface area contributed by atoms with Crippen LogP contribution in [0.4, 0.5) is 0 Å². The molecule has 1 fully saturated rings. The third-order valence-corrected chi connectivity index (χ3v) is 8.69. The number of quaternary nitrogens is 1. The minimum Gasteiger partial charge on any atom is -0.347 e. The summed E-state index contributed by atoms with van der Waals surface area (Å²) in [4.78, 5) is 16.5. The number of carbonyl (C=O) groups is 1. The standard InChI is InChI=1S/C17H20N2O3S3/c20-16(18-12-5-9-25(21,22)11-12)10-19-6-3-14-13(4-8-24-14)17(19)15-2-1-7-23-15/h1-2,4,7-8,12,17H,3,5-6,9-11H2,(H,18,20)/p+1/t12-,17+/m1/s1. The van der Waals surface area contributed by atoms with Crippen LogP contribution in [0.1, 0.15) is 27.8 Å².